The van der Waals surface area contributed by atoms with Crippen molar-refractivity contribution in [2.24, 2.45) is 5.10 Å². The van der Waals surface area contributed by atoms with Crippen LogP contribution in [0.1, 0.15) is 16.7 Å². The number of hydrogen-bond acceptors (Lipinski definition) is 9. The lowest BCUT2D eigenvalue weighted by molar-refractivity contribution is -0.138. The van der Waals surface area contributed by atoms with Crippen molar-refractivity contribution in [3.63, 3.8) is 0 Å². The first-order chi connectivity index (χ1) is 25.1. The molecule has 0 aromatic heterocycles. The van der Waals surface area contributed by atoms with Crippen LogP contribution in [0.5, 0.6) is 28.7 Å². The lowest BCUT2D eigenvalue weighted by Crippen LogP contribution is -2.29. The zero-order valence-corrected chi connectivity index (χ0v) is 31.9. The van der Waals surface area contributed by atoms with Crippen LogP contribution in [0.4, 0.5) is 0 Å². The van der Waals surface area contributed by atoms with Gasteiger partial charge in [0, 0.05) is 43.1 Å². The highest BCUT2D eigenvalue weighted by atomic mass is 32.5. The molecule has 52 heavy (non-hydrogen) atoms. The van der Waals surface area contributed by atoms with E-state index in [4.69, 9.17) is 40.2 Å². The van der Waals surface area contributed by atoms with Gasteiger partial charge >= 0.3 is 13.1 Å². The molecule has 0 N–H and O–H groups in total. The van der Waals surface area contributed by atoms with Gasteiger partial charge in [0.2, 0.25) is 0 Å². The summed E-state index contributed by atoms with van der Waals surface area (Å²) >= 11 is 6.14. The number of benzene rings is 5. The van der Waals surface area contributed by atoms with Crippen LogP contribution in [-0.4, -0.2) is 75.6 Å². The summed E-state index contributed by atoms with van der Waals surface area (Å²) in [6.07, 6.45) is 3.60. The maximum Gasteiger partial charge on any atom is 0.410 e. The van der Waals surface area contributed by atoms with Crippen molar-refractivity contribution in [1.82, 2.24) is 14.6 Å². The van der Waals surface area contributed by atoms with Gasteiger partial charge in [-0.25, -0.2) is 4.78 Å². The van der Waals surface area contributed by atoms with Crippen LogP contribution in [0.3, 0.4) is 0 Å². The van der Waals surface area contributed by atoms with Gasteiger partial charge in [-0.1, -0.05) is 60.7 Å². The van der Waals surface area contributed by atoms with E-state index in [-0.39, 0.29) is 0 Å². The molecule has 0 unspecified atom stereocenters. The smallest absolute Gasteiger partial charge is 0.410 e. The second kappa shape index (κ2) is 17.1. The van der Waals surface area contributed by atoms with Crippen molar-refractivity contribution < 1.29 is 23.3 Å². The molecule has 1 aliphatic heterocycles. The first kappa shape index (κ1) is 36.9. The Hall–Kier alpha value is -4.86. The highest BCUT2D eigenvalue weighted by Crippen LogP contribution is 2.51. The fourth-order valence-electron chi connectivity index (χ4n) is 5.36. The number of ether oxygens (including phenoxy) is 3. The minimum atomic E-state index is -3.18. The van der Waals surface area contributed by atoms with Crippen molar-refractivity contribution in [2.75, 3.05) is 48.3 Å². The van der Waals surface area contributed by atoms with Gasteiger partial charge in [-0.05, 0) is 118 Å². The number of likely N-dealkylation sites (N-methyl/N-ethyl adjacent to an activating group) is 2. The zero-order valence-electron chi connectivity index (χ0n) is 30.2. The molecule has 1 aliphatic rings. The average molecular weight is 737 g/mol. The summed E-state index contributed by atoms with van der Waals surface area (Å²) in [7, 11) is 10.1. The standard InChI is InChI=1S/C41H45N4O5PS/c1-43(2)28-26-31-14-22-35(23-15-31)49-51(52,50-36-24-16-32(17-25-36)27-29-44(3)4)45(5)42-30-33-18-20-34(21-19-33)46-41-47-39-12-8-6-10-37(39)38-11-7-9-13-40(38)48-41/h6-25,30,41H,26-29H2,1-5H3/b42-30+. The summed E-state index contributed by atoms with van der Waals surface area (Å²) in [5.74, 6) is 3.19. The van der Waals surface area contributed by atoms with Crippen molar-refractivity contribution in [1.29, 1.82) is 0 Å². The molecular weight excluding hydrogens is 692 g/mol. The molecule has 6 rings (SSSR count). The van der Waals surface area contributed by atoms with Crippen molar-refractivity contribution >= 4 is 24.7 Å². The summed E-state index contributed by atoms with van der Waals surface area (Å²) < 4.78 is 32.9. The van der Waals surface area contributed by atoms with Crippen LogP contribution in [0.15, 0.2) is 126 Å². The highest BCUT2D eigenvalue weighted by molar-refractivity contribution is 8.09. The first-order valence-electron chi connectivity index (χ1n) is 17.2. The first-order valence-corrected chi connectivity index (χ1v) is 19.8. The number of nitrogens with zero attached hydrogens (tertiary/aromatic N) is 4. The molecular formula is C41H45N4O5PS. The van der Waals surface area contributed by atoms with E-state index in [0.717, 1.165) is 42.6 Å². The Bertz CT molecular complexity index is 1880. The largest absolute Gasteiger partial charge is 0.423 e. The third kappa shape index (κ3) is 9.92. The monoisotopic (exact) mass is 736 g/mol. The van der Waals surface area contributed by atoms with Gasteiger partial charge in [-0.15, -0.1) is 0 Å². The fraction of sp³-hybridized carbons (Fsp3) is 0.244. The molecule has 1 heterocycles. The van der Waals surface area contributed by atoms with E-state index in [1.807, 2.05) is 97.1 Å². The van der Waals surface area contributed by atoms with Crippen LogP contribution in [0, 0.1) is 0 Å². The van der Waals surface area contributed by atoms with Gasteiger partial charge < -0.3 is 33.1 Å². The molecule has 0 saturated carbocycles. The number of hydrogen-bond donors (Lipinski definition) is 0. The molecule has 0 spiro atoms. The van der Waals surface area contributed by atoms with Crippen LogP contribution in [0.25, 0.3) is 11.1 Å². The molecule has 0 amide bonds. The Kier molecular flexibility index (Phi) is 12.1. The SMILES string of the molecule is CN(C)CCc1ccc(OP(=S)(Oc2ccc(CCN(C)C)cc2)N(C)/N=C/c2ccc(OC3Oc4ccccc4-c4ccccc4O3)cc2)cc1. The highest BCUT2D eigenvalue weighted by Gasteiger charge is 2.29. The number of fused-ring (bicyclic) bond motifs is 3. The third-order valence-electron chi connectivity index (χ3n) is 8.34. The fourth-order valence-corrected chi connectivity index (χ4v) is 7.23. The predicted octanol–water partition coefficient (Wildman–Crippen LogP) is 8.34. The van der Waals surface area contributed by atoms with Gasteiger partial charge in [-0.2, -0.15) is 5.10 Å². The van der Waals surface area contributed by atoms with E-state index in [2.05, 4.69) is 62.3 Å². The van der Waals surface area contributed by atoms with E-state index in [9.17, 15) is 0 Å². The number of para-hydroxylation sites is 2. The van der Waals surface area contributed by atoms with Gasteiger partial charge in [0.1, 0.15) is 28.7 Å². The molecule has 0 aliphatic carbocycles. The molecule has 0 atom stereocenters. The summed E-state index contributed by atoms with van der Waals surface area (Å²) in [5.41, 5.74) is 5.16. The van der Waals surface area contributed by atoms with Crippen molar-refractivity contribution in [2.45, 2.75) is 19.3 Å². The Morgan fingerprint density at radius 1 is 0.615 bits per heavy atom. The third-order valence-corrected chi connectivity index (χ3v) is 11.2. The topological polar surface area (TPSA) is 68.2 Å². The van der Waals surface area contributed by atoms with Crippen LogP contribution < -0.4 is 23.3 Å². The molecule has 11 heteroatoms. The molecule has 9 nitrogen and oxygen atoms in total. The molecule has 0 saturated heterocycles. The summed E-state index contributed by atoms with van der Waals surface area (Å²) in [4.78, 5) is 4.33. The quantitative estimate of drug-likeness (QED) is 0.0600. The molecule has 5 aromatic carbocycles. The number of rotatable bonds is 15. The molecule has 0 bridgehead atoms. The molecule has 0 fully saturated rings. The van der Waals surface area contributed by atoms with Crippen LogP contribution in [-0.2, 0) is 24.6 Å². The van der Waals surface area contributed by atoms with E-state index in [1.54, 1.807) is 18.0 Å². The normalized spacial score (nSPS) is 12.8. The Labute approximate surface area is 312 Å². The Balaban J connectivity index is 1.16. The van der Waals surface area contributed by atoms with E-state index < -0.39 is 13.1 Å². The number of hydrazone groups is 1. The van der Waals surface area contributed by atoms with E-state index in [1.165, 1.54) is 11.1 Å². The molecule has 5 aromatic rings. The lowest BCUT2D eigenvalue weighted by Gasteiger charge is -2.29. The van der Waals surface area contributed by atoms with Gasteiger partial charge in [0.05, 0.1) is 6.21 Å². The van der Waals surface area contributed by atoms with Gasteiger partial charge in [0.15, 0.2) is 0 Å². The van der Waals surface area contributed by atoms with E-state index in [0.29, 0.717) is 28.7 Å². The van der Waals surface area contributed by atoms with Crippen LogP contribution >= 0.6 is 6.64 Å². The minimum Gasteiger partial charge on any atom is -0.423 e. The zero-order chi connectivity index (χ0) is 36.5. The summed E-state index contributed by atoms with van der Waals surface area (Å²) in [5, 5.41) is 4.70. The molecule has 270 valence electrons. The van der Waals surface area contributed by atoms with Gasteiger partial charge in [0.25, 0.3) is 0 Å². The second-order valence-corrected chi connectivity index (χ2v) is 16.2. The Morgan fingerprint density at radius 2 is 1.06 bits per heavy atom. The van der Waals surface area contributed by atoms with Gasteiger partial charge in [-0.3, -0.25) is 0 Å². The summed E-state index contributed by atoms with van der Waals surface area (Å²) in [6.45, 7) is -2.23. The lowest BCUT2D eigenvalue weighted by atomic mass is 10.0. The van der Waals surface area contributed by atoms with Crippen LogP contribution in [0.2, 0.25) is 0 Å². The maximum absolute atomic E-state index is 6.46. The maximum atomic E-state index is 6.46. The average Bonchev–Trinajstić information content (AvgIpc) is 3.30. The minimum absolute atomic E-state index is 0.576. The summed E-state index contributed by atoms with van der Waals surface area (Å²) in [6, 6.07) is 39.1. The Morgan fingerprint density at radius 3 is 1.52 bits per heavy atom. The second-order valence-electron chi connectivity index (χ2n) is 13.0. The van der Waals surface area contributed by atoms with Crippen molar-refractivity contribution in [3.8, 4) is 39.9 Å². The predicted molar refractivity (Wildman–Crippen MR) is 212 cm³/mol. The molecule has 0 radical (unpaired) electrons. The van der Waals surface area contributed by atoms with E-state index >= 15 is 0 Å². The van der Waals surface area contributed by atoms with Crippen molar-refractivity contribution in [3.05, 3.63) is 138 Å².